The molecule has 2 aromatic rings. The van der Waals surface area contributed by atoms with Gasteiger partial charge in [0.25, 0.3) is 0 Å². The second-order valence-electron chi connectivity index (χ2n) is 8.65. The number of benzene rings is 1. The molecule has 0 radical (unpaired) electrons. The van der Waals surface area contributed by atoms with Gasteiger partial charge in [0.1, 0.15) is 5.75 Å². The molecule has 1 saturated heterocycles. The van der Waals surface area contributed by atoms with Crippen molar-refractivity contribution in [2.75, 3.05) is 19.9 Å². The number of carbonyl (C=O) groups is 1. The number of nitrogens with one attached hydrogen (secondary N) is 1. The Labute approximate surface area is 170 Å². The van der Waals surface area contributed by atoms with Crippen LogP contribution in [0.25, 0.3) is 0 Å². The normalized spacial score (nSPS) is 19.9. The summed E-state index contributed by atoms with van der Waals surface area (Å²) in [4.78, 5) is 18.8. The number of pyridine rings is 1. The molecular formula is C22H27N3O4. The zero-order valence-corrected chi connectivity index (χ0v) is 17.0. The lowest BCUT2D eigenvalue weighted by molar-refractivity contribution is -0.129. The van der Waals surface area contributed by atoms with Gasteiger partial charge in [-0.1, -0.05) is 20.8 Å². The Balaban J connectivity index is 1.63. The van der Waals surface area contributed by atoms with E-state index in [0.717, 1.165) is 24.1 Å². The van der Waals surface area contributed by atoms with Crippen molar-refractivity contribution in [1.29, 1.82) is 0 Å². The molecule has 1 unspecified atom stereocenters. The predicted molar refractivity (Wildman–Crippen MR) is 108 cm³/mol. The molecule has 3 heterocycles. The number of aromatic hydroxyl groups is 1. The quantitative estimate of drug-likeness (QED) is 0.825. The van der Waals surface area contributed by atoms with Crippen LogP contribution in [-0.4, -0.2) is 46.8 Å². The highest BCUT2D eigenvalue weighted by atomic mass is 16.7. The Kier molecular flexibility index (Phi) is 5.08. The summed E-state index contributed by atoms with van der Waals surface area (Å²) in [6.07, 6.45) is 4.36. The monoisotopic (exact) mass is 397 g/mol. The van der Waals surface area contributed by atoms with E-state index in [1.807, 2.05) is 39.0 Å². The van der Waals surface area contributed by atoms with Crippen LogP contribution in [0.5, 0.6) is 17.2 Å². The molecule has 7 heteroatoms. The molecule has 0 saturated carbocycles. The van der Waals surface area contributed by atoms with E-state index in [1.54, 1.807) is 18.5 Å². The maximum atomic E-state index is 12.4. The van der Waals surface area contributed by atoms with Gasteiger partial charge in [0.2, 0.25) is 12.7 Å². The van der Waals surface area contributed by atoms with Gasteiger partial charge in [0.15, 0.2) is 11.5 Å². The van der Waals surface area contributed by atoms with Crippen molar-refractivity contribution in [3.05, 3.63) is 47.8 Å². The summed E-state index contributed by atoms with van der Waals surface area (Å²) in [5.74, 6) is 1.40. The van der Waals surface area contributed by atoms with E-state index in [1.165, 1.54) is 0 Å². The van der Waals surface area contributed by atoms with E-state index < -0.39 is 5.41 Å². The Morgan fingerprint density at radius 1 is 1.24 bits per heavy atom. The van der Waals surface area contributed by atoms with Crippen molar-refractivity contribution in [3.63, 3.8) is 0 Å². The lowest BCUT2D eigenvalue weighted by atomic mass is 9.95. The van der Waals surface area contributed by atoms with Gasteiger partial charge in [-0.05, 0) is 30.2 Å². The van der Waals surface area contributed by atoms with Gasteiger partial charge in [0, 0.05) is 48.6 Å². The maximum absolute atomic E-state index is 12.4. The highest BCUT2D eigenvalue weighted by molar-refractivity contribution is 5.81. The third kappa shape index (κ3) is 4.00. The molecule has 1 aromatic heterocycles. The average molecular weight is 397 g/mol. The minimum atomic E-state index is -0.423. The number of amides is 1. The van der Waals surface area contributed by atoms with Crippen molar-refractivity contribution in [2.45, 2.75) is 39.3 Å². The Bertz CT molecular complexity index is 895. The molecular weight excluding hydrogens is 370 g/mol. The number of hydrogen-bond acceptors (Lipinski definition) is 6. The van der Waals surface area contributed by atoms with Crippen LogP contribution >= 0.6 is 0 Å². The number of phenolic OH excluding ortho intramolecular Hbond substituents is 1. The molecule has 4 rings (SSSR count). The molecule has 2 aliphatic heterocycles. The molecule has 1 amide bonds. The summed E-state index contributed by atoms with van der Waals surface area (Å²) >= 11 is 0. The van der Waals surface area contributed by atoms with Crippen molar-refractivity contribution in [3.8, 4) is 17.2 Å². The molecule has 2 aliphatic rings. The number of fused-ring (bicyclic) bond motifs is 1. The van der Waals surface area contributed by atoms with Crippen LogP contribution < -0.4 is 14.8 Å². The van der Waals surface area contributed by atoms with Crippen LogP contribution in [0.4, 0.5) is 0 Å². The van der Waals surface area contributed by atoms with Gasteiger partial charge in [-0.3, -0.25) is 14.7 Å². The second kappa shape index (κ2) is 7.55. The van der Waals surface area contributed by atoms with E-state index in [0.29, 0.717) is 18.0 Å². The largest absolute Gasteiger partial charge is 0.507 e. The summed E-state index contributed by atoms with van der Waals surface area (Å²) in [6, 6.07) is 7.27. The van der Waals surface area contributed by atoms with E-state index in [-0.39, 0.29) is 30.5 Å². The minimum absolute atomic E-state index is 0.0516. The first-order chi connectivity index (χ1) is 13.8. The number of hydrogen-bond donors (Lipinski definition) is 2. The zero-order chi connectivity index (χ0) is 20.6. The molecule has 1 aromatic carbocycles. The molecule has 29 heavy (non-hydrogen) atoms. The number of aromatic nitrogens is 1. The van der Waals surface area contributed by atoms with Gasteiger partial charge in [-0.15, -0.1) is 0 Å². The van der Waals surface area contributed by atoms with Gasteiger partial charge in [0.05, 0.1) is 6.04 Å². The number of ether oxygens (including phenoxy) is 2. The van der Waals surface area contributed by atoms with Crippen molar-refractivity contribution >= 4 is 5.91 Å². The average Bonchev–Trinajstić information content (AvgIpc) is 3.31. The van der Waals surface area contributed by atoms with Crippen molar-refractivity contribution in [2.24, 2.45) is 5.41 Å². The predicted octanol–water partition coefficient (Wildman–Crippen LogP) is 2.84. The third-order valence-electron chi connectivity index (χ3n) is 5.44. The van der Waals surface area contributed by atoms with Crippen LogP contribution in [0.1, 0.15) is 44.4 Å². The third-order valence-corrected chi connectivity index (χ3v) is 5.44. The standard InChI is InChI=1S/C22H27N3O4/c1-22(2,3)21(27)24-15-6-9-25(12-15)20(14-4-7-23-8-5-14)16-10-18-19(11-17(16)26)29-13-28-18/h4-5,7-8,10-11,15,20,26H,6,9,12-13H2,1-3H3,(H,24,27)/t15-,20?/m1/s1. The number of nitrogens with zero attached hydrogens (tertiary/aromatic N) is 2. The Morgan fingerprint density at radius 2 is 1.93 bits per heavy atom. The van der Waals surface area contributed by atoms with Crippen molar-refractivity contribution in [1.82, 2.24) is 15.2 Å². The fraction of sp³-hybridized carbons (Fsp3) is 0.455. The zero-order valence-electron chi connectivity index (χ0n) is 17.0. The maximum Gasteiger partial charge on any atom is 0.231 e. The van der Waals surface area contributed by atoms with E-state index >= 15 is 0 Å². The molecule has 0 aliphatic carbocycles. The first kappa shape index (κ1) is 19.5. The molecule has 2 atom stereocenters. The Morgan fingerprint density at radius 3 is 2.62 bits per heavy atom. The van der Waals surface area contributed by atoms with Crippen LogP contribution in [0.2, 0.25) is 0 Å². The van der Waals surface area contributed by atoms with Gasteiger partial charge < -0.3 is 19.9 Å². The fourth-order valence-electron chi connectivity index (χ4n) is 3.84. The second-order valence-corrected chi connectivity index (χ2v) is 8.65. The molecule has 1 fully saturated rings. The minimum Gasteiger partial charge on any atom is -0.507 e. The molecule has 0 bridgehead atoms. The first-order valence-electron chi connectivity index (χ1n) is 9.90. The van der Waals surface area contributed by atoms with Crippen molar-refractivity contribution < 1.29 is 19.4 Å². The number of carbonyl (C=O) groups excluding carboxylic acids is 1. The van der Waals surface area contributed by atoms with Crippen LogP contribution in [0, 0.1) is 5.41 Å². The topological polar surface area (TPSA) is 83.9 Å². The van der Waals surface area contributed by atoms with E-state index in [4.69, 9.17) is 9.47 Å². The summed E-state index contributed by atoms with van der Waals surface area (Å²) in [5.41, 5.74) is 1.35. The SMILES string of the molecule is CC(C)(C)C(=O)N[C@@H]1CCN(C(c2ccncc2)c2cc3c(cc2O)OCO3)C1. The van der Waals surface area contributed by atoms with Crippen LogP contribution in [0.15, 0.2) is 36.7 Å². The lowest BCUT2D eigenvalue weighted by Crippen LogP contribution is -2.43. The Hall–Kier alpha value is -2.80. The molecule has 2 N–H and O–H groups in total. The van der Waals surface area contributed by atoms with Crippen LogP contribution in [0.3, 0.4) is 0 Å². The van der Waals surface area contributed by atoms with Crippen LogP contribution in [-0.2, 0) is 4.79 Å². The highest BCUT2D eigenvalue weighted by Crippen LogP contribution is 2.43. The van der Waals surface area contributed by atoms with E-state index in [9.17, 15) is 9.90 Å². The summed E-state index contributed by atoms with van der Waals surface area (Å²) < 4.78 is 10.9. The fourth-order valence-corrected chi connectivity index (χ4v) is 3.84. The van der Waals surface area contributed by atoms with Gasteiger partial charge >= 0.3 is 0 Å². The summed E-state index contributed by atoms with van der Waals surface area (Å²) in [7, 11) is 0. The number of likely N-dealkylation sites (tertiary alicyclic amines) is 1. The molecule has 0 spiro atoms. The summed E-state index contributed by atoms with van der Waals surface area (Å²) in [6.45, 7) is 7.40. The first-order valence-corrected chi connectivity index (χ1v) is 9.90. The molecule has 154 valence electrons. The highest BCUT2D eigenvalue weighted by Gasteiger charge is 2.35. The number of rotatable bonds is 4. The van der Waals surface area contributed by atoms with Gasteiger partial charge in [-0.2, -0.15) is 0 Å². The van der Waals surface area contributed by atoms with E-state index in [2.05, 4.69) is 15.2 Å². The molecule has 7 nitrogen and oxygen atoms in total. The van der Waals surface area contributed by atoms with Gasteiger partial charge in [-0.25, -0.2) is 0 Å². The summed E-state index contributed by atoms with van der Waals surface area (Å²) in [5, 5.41) is 13.9. The smallest absolute Gasteiger partial charge is 0.231 e. The lowest BCUT2D eigenvalue weighted by Gasteiger charge is -2.30. The number of phenols is 1.